The summed E-state index contributed by atoms with van der Waals surface area (Å²) >= 11 is 5.66. The molecule has 0 radical (unpaired) electrons. The van der Waals surface area contributed by atoms with E-state index in [1.54, 1.807) is 6.07 Å². The summed E-state index contributed by atoms with van der Waals surface area (Å²) in [6, 6.07) is 7.10. The molecule has 1 aromatic carbocycles. The van der Waals surface area contributed by atoms with Gasteiger partial charge in [0.25, 0.3) is 0 Å². The van der Waals surface area contributed by atoms with Gasteiger partial charge in [0.05, 0.1) is 9.95 Å². The molecular formula is C13H8ClFN4O2. The highest BCUT2D eigenvalue weighted by molar-refractivity contribution is 6.30. The minimum absolute atomic E-state index is 0.0282. The Morgan fingerprint density at radius 1 is 1.48 bits per heavy atom. The highest BCUT2D eigenvalue weighted by Crippen LogP contribution is 2.26. The van der Waals surface area contributed by atoms with Crippen molar-refractivity contribution < 1.29 is 9.31 Å². The standard InChI is InChI=1S/C13H8ClFN4O2/c14-10-5-8(1-2-11(10)15)7-18-13-12(19(20)21)9(6-16)3-4-17-13/h1-5H,7H2,(H,17,18). The molecule has 0 unspecified atom stereocenters. The van der Waals surface area contributed by atoms with E-state index in [4.69, 9.17) is 16.9 Å². The summed E-state index contributed by atoms with van der Waals surface area (Å²) in [4.78, 5) is 14.2. The van der Waals surface area contributed by atoms with Gasteiger partial charge in [-0.2, -0.15) is 5.26 Å². The summed E-state index contributed by atoms with van der Waals surface area (Å²) < 4.78 is 13.0. The van der Waals surface area contributed by atoms with Crippen molar-refractivity contribution >= 4 is 23.1 Å². The monoisotopic (exact) mass is 306 g/mol. The summed E-state index contributed by atoms with van der Waals surface area (Å²) in [7, 11) is 0. The van der Waals surface area contributed by atoms with Gasteiger partial charge in [-0.05, 0) is 23.8 Å². The van der Waals surface area contributed by atoms with Crippen LogP contribution in [0.1, 0.15) is 11.1 Å². The lowest BCUT2D eigenvalue weighted by Crippen LogP contribution is -2.06. The van der Waals surface area contributed by atoms with Crippen LogP contribution in [-0.4, -0.2) is 9.91 Å². The first-order valence-electron chi connectivity index (χ1n) is 5.74. The Kier molecular flexibility index (Phi) is 4.30. The van der Waals surface area contributed by atoms with Crippen LogP contribution in [0.5, 0.6) is 0 Å². The highest BCUT2D eigenvalue weighted by Gasteiger charge is 2.20. The zero-order valence-electron chi connectivity index (χ0n) is 10.5. The van der Waals surface area contributed by atoms with E-state index < -0.39 is 16.4 Å². The van der Waals surface area contributed by atoms with Gasteiger partial charge < -0.3 is 5.32 Å². The normalized spacial score (nSPS) is 9.95. The molecule has 1 aromatic heterocycles. The second kappa shape index (κ2) is 6.15. The molecule has 0 amide bonds. The zero-order valence-corrected chi connectivity index (χ0v) is 11.3. The first kappa shape index (κ1) is 14.7. The fraction of sp³-hybridized carbons (Fsp3) is 0.0769. The Morgan fingerprint density at radius 3 is 2.86 bits per heavy atom. The molecule has 0 atom stereocenters. The Balaban J connectivity index is 2.26. The van der Waals surface area contributed by atoms with Crippen molar-refractivity contribution in [1.29, 1.82) is 5.26 Å². The number of pyridine rings is 1. The van der Waals surface area contributed by atoms with Gasteiger partial charge in [0.2, 0.25) is 5.82 Å². The minimum Gasteiger partial charge on any atom is -0.360 e. The average Bonchev–Trinajstić information content (AvgIpc) is 2.47. The van der Waals surface area contributed by atoms with Crippen molar-refractivity contribution in [3.05, 3.63) is 62.5 Å². The Hall–Kier alpha value is -2.72. The van der Waals surface area contributed by atoms with Gasteiger partial charge in [-0.25, -0.2) is 9.37 Å². The number of nitro groups is 1. The molecule has 0 saturated carbocycles. The number of nitrogens with one attached hydrogen (secondary N) is 1. The van der Waals surface area contributed by atoms with E-state index in [0.717, 1.165) is 0 Å². The van der Waals surface area contributed by atoms with E-state index in [0.29, 0.717) is 5.56 Å². The third kappa shape index (κ3) is 3.24. The molecule has 8 heteroatoms. The van der Waals surface area contributed by atoms with E-state index in [9.17, 15) is 14.5 Å². The quantitative estimate of drug-likeness (QED) is 0.691. The first-order chi connectivity index (χ1) is 10.0. The van der Waals surface area contributed by atoms with E-state index >= 15 is 0 Å². The van der Waals surface area contributed by atoms with Gasteiger partial charge in [-0.15, -0.1) is 0 Å². The van der Waals surface area contributed by atoms with Crippen LogP contribution in [0.25, 0.3) is 0 Å². The number of halogens is 2. The fourth-order valence-corrected chi connectivity index (χ4v) is 1.90. The fourth-order valence-electron chi connectivity index (χ4n) is 1.69. The largest absolute Gasteiger partial charge is 0.360 e. The maximum absolute atomic E-state index is 13.0. The van der Waals surface area contributed by atoms with Crippen LogP contribution in [0.15, 0.2) is 30.5 Å². The molecule has 0 aliphatic rings. The molecule has 0 fully saturated rings. The SMILES string of the molecule is N#Cc1ccnc(NCc2ccc(F)c(Cl)c2)c1[N+](=O)[O-]. The molecule has 2 aromatic rings. The molecule has 0 saturated heterocycles. The third-order valence-electron chi connectivity index (χ3n) is 2.67. The van der Waals surface area contributed by atoms with E-state index in [1.807, 2.05) is 0 Å². The summed E-state index contributed by atoms with van der Waals surface area (Å²) in [6.07, 6.45) is 1.30. The maximum Gasteiger partial charge on any atom is 0.328 e. The third-order valence-corrected chi connectivity index (χ3v) is 2.96. The number of benzene rings is 1. The van der Waals surface area contributed by atoms with Crippen LogP contribution in [0.4, 0.5) is 15.9 Å². The van der Waals surface area contributed by atoms with Crippen LogP contribution in [0.2, 0.25) is 5.02 Å². The molecule has 106 valence electrons. The van der Waals surface area contributed by atoms with Gasteiger partial charge in [-0.1, -0.05) is 17.7 Å². The van der Waals surface area contributed by atoms with Crippen molar-refractivity contribution in [2.75, 3.05) is 5.32 Å². The molecular weight excluding hydrogens is 299 g/mol. The molecule has 21 heavy (non-hydrogen) atoms. The number of anilines is 1. The van der Waals surface area contributed by atoms with Gasteiger partial charge in [0.15, 0.2) is 0 Å². The van der Waals surface area contributed by atoms with Crippen LogP contribution >= 0.6 is 11.6 Å². The van der Waals surface area contributed by atoms with Gasteiger partial charge >= 0.3 is 5.69 Å². The van der Waals surface area contributed by atoms with Crippen molar-refractivity contribution in [3.63, 3.8) is 0 Å². The van der Waals surface area contributed by atoms with Gasteiger partial charge in [0, 0.05) is 12.7 Å². The Morgan fingerprint density at radius 2 is 2.24 bits per heavy atom. The van der Waals surface area contributed by atoms with E-state index in [-0.39, 0.29) is 22.9 Å². The number of nitrogens with zero attached hydrogens (tertiary/aromatic N) is 3. The number of aromatic nitrogens is 1. The van der Waals surface area contributed by atoms with Crippen molar-refractivity contribution in [1.82, 2.24) is 4.98 Å². The lowest BCUT2D eigenvalue weighted by Gasteiger charge is -2.07. The highest BCUT2D eigenvalue weighted by atomic mass is 35.5. The van der Waals surface area contributed by atoms with Gasteiger partial charge in [0.1, 0.15) is 17.4 Å². The smallest absolute Gasteiger partial charge is 0.328 e. The summed E-state index contributed by atoms with van der Waals surface area (Å²) in [5, 5.41) is 22.6. The number of nitriles is 1. The molecule has 2 rings (SSSR count). The maximum atomic E-state index is 13.0. The van der Waals surface area contributed by atoms with Crippen LogP contribution in [-0.2, 0) is 6.54 Å². The van der Waals surface area contributed by atoms with Crippen molar-refractivity contribution in [3.8, 4) is 6.07 Å². The second-order valence-corrected chi connectivity index (χ2v) is 4.43. The van der Waals surface area contributed by atoms with E-state index in [2.05, 4.69) is 10.3 Å². The summed E-state index contributed by atoms with van der Waals surface area (Å²) in [6.45, 7) is 0.155. The molecule has 6 nitrogen and oxygen atoms in total. The summed E-state index contributed by atoms with van der Waals surface area (Å²) in [5.74, 6) is -0.574. The number of hydrogen-bond donors (Lipinski definition) is 1. The lowest BCUT2D eigenvalue weighted by molar-refractivity contribution is -0.384. The van der Waals surface area contributed by atoms with Crippen LogP contribution in [0, 0.1) is 27.3 Å². The Labute approximate surface area is 124 Å². The molecule has 1 heterocycles. The number of hydrogen-bond acceptors (Lipinski definition) is 5. The predicted molar refractivity (Wildman–Crippen MR) is 74.3 cm³/mol. The molecule has 0 aliphatic carbocycles. The first-order valence-corrected chi connectivity index (χ1v) is 6.12. The zero-order chi connectivity index (χ0) is 15.4. The van der Waals surface area contributed by atoms with Gasteiger partial charge in [-0.3, -0.25) is 10.1 Å². The van der Waals surface area contributed by atoms with Crippen molar-refractivity contribution in [2.45, 2.75) is 6.54 Å². The Bertz CT molecular complexity index is 745. The molecule has 0 aliphatic heterocycles. The molecule has 0 spiro atoms. The number of rotatable bonds is 4. The summed E-state index contributed by atoms with van der Waals surface area (Å²) in [5.41, 5.74) is 0.141. The predicted octanol–water partition coefficient (Wildman–Crippen LogP) is 3.27. The average molecular weight is 307 g/mol. The molecule has 0 bridgehead atoms. The lowest BCUT2D eigenvalue weighted by atomic mass is 10.2. The van der Waals surface area contributed by atoms with Crippen LogP contribution in [0.3, 0.4) is 0 Å². The van der Waals surface area contributed by atoms with Crippen LogP contribution < -0.4 is 5.32 Å². The second-order valence-electron chi connectivity index (χ2n) is 4.03. The van der Waals surface area contributed by atoms with Crippen molar-refractivity contribution in [2.24, 2.45) is 0 Å². The molecule has 1 N–H and O–H groups in total. The topological polar surface area (TPSA) is 91.8 Å². The van der Waals surface area contributed by atoms with E-state index in [1.165, 1.54) is 30.5 Å². The minimum atomic E-state index is -0.675.